The van der Waals surface area contributed by atoms with E-state index < -0.39 is 5.60 Å². The van der Waals surface area contributed by atoms with E-state index >= 15 is 0 Å². The van der Waals surface area contributed by atoms with E-state index in [4.69, 9.17) is 0 Å². The number of nitrogens with one attached hydrogen (secondary N) is 1. The van der Waals surface area contributed by atoms with Gasteiger partial charge in [0.1, 0.15) is 0 Å². The number of fused-ring (bicyclic) bond motifs is 2. The van der Waals surface area contributed by atoms with Crippen LogP contribution in [0.4, 0.5) is 0 Å². The van der Waals surface area contributed by atoms with Crippen LogP contribution < -0.4 is 5.32 Å². The van der Waals surface area contributed by atoms with Crippen LogP contribution in [0.3, 0.4) is 0 Å². The maximum absolute atomic E-state index is 12.2. The van der Waals surface area contributed by atoms with Crippen LogP contribution in [-0.4, -0.2) is 35.0 Å². The fourth-order valence-corrected chi connectivity index (χ4v) is 10.2. The zero-order valence-electron chi connectivity index (χ0n) is 16.4. The lowest BCUT2D eigenvalue weighted by molar-refractivity contribution is -0.314. The molecule has 3 nitrogen and oxygen atoms in total. The largest absolute Gasteiger partial charge is 0.392 e. The van der Waals surface area contributed by atoms with Crippen molar-refractivity contribution in [3.63, 3.8) is 0 Å². The highest BCUT2D eigenvalue weighted by Gasteiger charge is 2.86. The second-order valence-electron chi connectivity index (χ2n) is 11.4. The Morgan fingerprint density at radius 3 is 2.73 bits per heavy atom. The van der Waals surface area contributed by atoms with Crippen molar-refractivity contribution in [1.29, 1.82) is 0 Å². The summed E-state index contributed by atoms with van der Waals surface area (Å²) < 4.78 is 0. The first-order chi connectivity index (χ1) is 12.4. The molecule has 0 heterocycles. The molecule has 144 valence electrons. The van der Waals surface area contributed by atoms with Crippen molar-refractivity contribution in [2.24, 2.45) is 33.5 Å². The van der Waals surface area contributed by atoms with Gasteiger partial charge in [-0.05, 0) is 81.1 Å². The Bertz CT molecular complexity index is 692. The molecule has 0 aromatic heterocycles. The molecule has 9 atom stereocenters. The first kappa shape index (κ1) is 16.6. The van der Waals surface area contributed by atoms with Crippen molar-refractivity contribution in [2.45, 2.75) is 88.9 Å². The summed E-state index contributed by atoms with van der Waals surface area (Å²) in [5.74, 6) is 1.18. The molecule has 3 heteroatoms. The van der Waals surface area contributed by atoms with Gasteiger partial charge in [-0.25, -0.2) is 0 Å². The summed E-state index contributed by atoms with van der Waals surface area (Å²) in [5, 5.41) is 27.7. The second kappa shape index (κ2) is 4.60. The van der Waals surface area contributed by atoms with Gasteiger partial charge in [-0.2, -0.15) is 0 Å². The minimum Gasteiger partial charge on any atom is -0.392 e. The smallest absolute Gasteiger partial charge is 0.0718 e. The van der Waals surface area contributed by atoms with Crippen LogP contribution >= 0.6 is 0 Å². The van der Waals surface area contributed by atoms with Crippen LogP contribution in [0.5, 0.6) is 0 Å². The lowest BCUT2D eigenvalue weighted by atomic mass is 9.28. The van der Waals surface area contributed by atoms with E-state index in [1.54, 1.807) is 0 Å². The monoisotopic (exact) mass is 357 g/mol. The van der Waals surface area contributed by atoms with Gasteiger partial charge in [0.25, 0.3) is 0 Å². The van der Waals surface area contributed by atoms with Crippen molar-refractivity contribution in [3.8, 4) is 0 Å². The Morgan fingerprint density at radius 1 is 1.08 bits per heavy atom. The number of hydrogen-bond acceptors (Lipinski definition) is 3. The van der Waals surface area contributed by atoms with Gasteiger partial charge in [-0.15, -0.1) is 0 Å². The molecule has 3 N–H and O–H groups in total. The average Bonchev–Trinajstić information content (AvgIpc) is 2.87. The Labute approximate surface area is 157 Å². The molecule has 0 radical (unpaired) electrons. The molecular formula is C23H35NO2. The highest BCUT2D eigenvalue weighted by molar-refractivity contribution is 5.42. The van der Waals surface area contributed by atoms with Crippen molar-refractivity contribution < 1.29 is 10.2 Å². The summed E-state index contributed by atoms with van der Waals surface area (Å²) in [4.78, 5) is 0. The van der Waals surface area contributed by atoms with E-state index in [-0.39, 0.29) is 27.8 Å². The highest BCUT2D eigenvalue weighted by Crippen LogP contribution is 2.87. The average molecular weight is 358 g/mol. The molecule has 0 unspecified atom stereocenters. The molecule has 8 rings (SSSR count). The number of aliphatic hydroxyl groups is 2. The Kier molecular flexibility index (Phi) is 2.93. The van der Waals surface area contributed by atoms with Gasteiger partial charge in [0.05, 0.1) is 11.7 Å². The summed E-state index contributed by atoms with van der Waals surface area (Å²) >= 11 is 0. The fourth-order valence-electron chi connectivity index (χ4n) is 10.2. The lowest BCUT2D eigenvalue weighted by Gasteiger charge is -2.76. The highest BCUT2D eigenvalue weighted by atomic mass is 16.3. The zero-order chi connectivity index (χ0) is 18.0. The third kappa shape index (κ3) is 1.44. The number of hydrogen-bond donors (Lipinski definition) is 3. The molecule has 3 spiro atoms. The maximum atomic E-state index is 12.2. The first-order valence-electron chi connectivity index (χ1n) is 11.1. The Hall–Kier alpha value is -0.380. The van der Waals surface area contributed by atoms with Crippen LogP contribution in [0.15, 0.2) is 12.2 Å². The quantitative estimate of drug-likeness (QED) is 0.631. The predicted molar refractivity (Wildman–Crippen MR) is 102 cm³/mol. The lowest BCUT2D eigenvalue weighted by Crippen LogP contribution is -2.76. The minimum atomic E-state index is -0.582. The third-order valence-electron chi connectivity index (χ3n) is 10.7. The van der Waals surface area contributed by atoms with E-state index in [0.29, 0.717) is 17.9 Å². The molecule has 0 aliphatic heterocycles. The molecule has 0 saturated heterocycles. The van der Waals surface area contributed by atoms with Gasteiger partial charge in [0, 0.05) is 16.9 Å². The predicted octanol–water partition coefficient (Wildman–Crippen LogP) is 3.40. The van der Waals surface area contributed by atoms with Crippen molar-refractivity contribution in [2.75, 3.05) is 7.05 Å². The van der Waals surface area contributed by atoms with Gasteiger partial charge >= 0.3 is 0 Å². The molecule has 6 saturated carbocycles. The Balaban J connectivity index is 1.62. The van der Waals surface area contributed by atoms with E-state index in [1.807, 2.05) is 0 Å². The van der Waals surface area contributed by atoms with Crippen LogP contribution in [0.25, 0.3) is 0 Å². The molecular weight excluding hydrogens is 322 g/mol. The zero-order valence-corrected chi connectivity index (χ0v) is 16.4. The minimum absolute atomic E-state index is 0.0921. The standard InChI is InChI=1S/C23H35NO2/c1-19-7-4-9-22(26,13-19)21-11-15-6-10-23(21,17(25)12-19)20(14-21)8-3-5-16(20)18(15)24-2/h6,10,15-18,24-26H,3-5,7-9,11-14H2,1-2H3/t15-,16+,17-,18-,19+,20+,21+,22-,23+/m1/s1. The Morgan fingerprint density at radius 2 is 1.92 bits per heavy atom. The molecule has 0 amide bonds. The van der Waals surface area contributed by atoms with Gasteiger partial charge in [0.15, 0.2) is 0 Å². The maximum Gasteiger partial charge on any atom is 0.0718 e. The van der Waals surface area contributed by atoms with Crippen molar-refractivity contribution in [3.05, 3.63) is 12.2 Å². The summed E-state index contributed by atoms with van der Waals surface area (Å²) in [6.45, 7) is 2.34. The fraction of sp³-hybridized carbons (Fsp3) is 0.913. The van der Waals surface area contributed by atoms with E-state index in [2.05, 4.69) is 31.4 Å². The van der Waals surface area contributed by atoms with Crippen LogP contribution in [-0.2, 0) is 0 Å². The van der Waals surface area contributed by atoms with Gasteiger partial charge < -0.3 is 15.5 Å². The van der Waals surface area contributed by atoms with Gasteiger partial charge in [0.2, 0.25) is 0 Å². The van der Waals surface area contributed by atoms with Gasteiger partial charge in [-0.3, -0.25) is 0 Å². The number of aliphatic hydroxyl groups excluding tert-OH is 1. The normalized spacial score (nSPS) is 64.9. The van der Waals surface area contributed by atoms with Crippen LogP contribution in [0.2, 0.25) is 0 Å². The van der Waals surface area contributed by atoms with Crippen LogP contribution in [0.1, 0.15) is 71.1 Å². The molecule has 6 fully saturated rings. The molecule has 8 aliphatic carbocycles. The van der Waals surface area contributed by atoms with Crippen molar-refractivity contribution in [1.82, 2.24) is 5.32 Å². The SMILES string of the molecule is CN[C@@H]1[C@@H]2C=C[C@@]34[C@H](O)C[C@]5(C)CCC[C@@](O)(C5)[C@]3(C2)C[C@]42CCC[C@@H]12. The molecule has 0 aromatic rings. The first-order valence-corrected chi connectivity index (χ1v) is 11.1. The van der Waals surface area contributed by atoms with Crippen molar-refractivity contribution >= 4 is 0 Å². The summed E-state index contributed by atoms with van der Waals surface area (Å²) in [6.07, 6.45) is 15.7. The van der Waals surface area contributed by atoms with E-state index in [1.165, 1.54) is 25.7 Å². The second-order valence-corrected chi connectivity index (χ2v) is 11.4. The summed E-state index contributed by atoms with van der Waals surface area (Å²) in [7, 11) is 2.13. The topological polar surface area (TPSA) is 52.5 Å². The number of rotatable bonds is 1. The van der Waals surface area contributed by atoms with E-state index in [0.717, 1.165) is 38.5 Å². The molecule has 0 aromatic carbocycles. The van der Waals surface area contributed by atoms with E-state index in [9.17, 15) is 10.2 Å². The van der Waals surface area contributed by atoms with Gasteiger partial charge in [-0.1, -0.05) is 31.9 Å². The van der Waals surface area contributed by atoms with Crippen LogP contribution in [0, 0.1) is 33.5 Å². The molecule has 6 bridgehead atoms. The third-order valence-corrected chi connectivity index (χ3v) is 10.7. The molecule has 26 heavy (non-hydrogen) atoms. The molecule has 8 aliphatic rings. The summed E-state index contributed by atoms with van der Waals surface area (Å²) in [5.41, 5.74) is -0.535. The summed E-state index contributed by atoms with van der Waals surface area (Å²) in [6, 6.07) is 0.519.